The van der Waals surface area contributed by atoms with E-state index in [0.29, 0.717) is 14.9 Å². The first kappa shape index (κ1) is 24.6. The van der Waals surface area contributed by atoms with Gasteiger partial charge in [-0.05, 0) is 30.7 Å². The second kappa shape index (κ2) is 8.94. The Morgan fingerprint density at radius 1 is 1.21 bits per heavy atom. The van der Waals surface area contributed by atoms with Gasteiger partial charge in [-0.15, -0.1) is 0 Å². The minimum Gasteiger partial charge on any atom is -0.748 e. The summed E-state index contributed by atoms with van der Waals surface area (Å²) in [6.45, 7) is 0.0483. The predicted octanol–water partition coefficient (Wildman–Crippen LogP) is 5.90. The molecule has 0 bridgehead atoms. The Bertz CT molecular complexity index is 1390. The lowest BCUT2D eigenvalue weighted by Crippen LogP contribution is -2.29. The number of thioether (sulfide) groups is 1. The summed E-state index contributed by atoms with van der Waals surface area (Å²) < 4.78 is 76.4. The number of hydrogen-bond acceptors (Lipinski definition) is 6. The highest BCUT2D eigenvalue weighted by molar-refractivity contribution is 8.04. The zero-order valence-electron chi connectivity index (χ0n) is 16.8. The van der Waals surface area contributed by atoms with Crippen molar-refractivity contribution >= 4 is 78.4 Å². The molecule has 0 N–H and O–H groups in total. The average molecular weight is 555 g/mol. The molecule has 3 aromatic rings. The van der Waals surface area contributed by atoms with E-state index < -0.39 is 32.6 Å². The molecule has 0 unspecified atom stereocenters. The molecule has 0 saturated carbocycles. The largest absolute Gasteiger partial charge is 0.748 e. The van der Waals surface area contributed by atoms with Crippen LogP contribution in [0.1, 0.15) is 17.0 Å². The second-order valence-electron chi connectivity index (χ2n) is 7.26. The maximum Gasteiger partial charge on any atom is 0.417 e. The van der Waals surface area contributed by atoms with Crippen LogP contribution in [0.5, 0.6) is 0 Å². The fourth-order valence-electron chi connectivity index (χ4n) is 3.45. The molecule has 1 aliphatic rings. The molecule has 1 aromatic heterocycles. The molecule has 2 heterocycles. The van der Waals surface area contributed by atoms with Crippen molar-refractivity contribution in [2.45, 2.75) is 17.5 Å². The van der Waals surface area contributed by atoms with Crippen molar-refractivity contribution in [2.75, 3.05) is 17.2 Å². The minimum atomic E-state index is -4.65. The summed E-state index contributed by atoms with van der Waals surface area (Å²) in [6, 6.07) is 7.69. The Labute approximate surface area is 206 Å². The number of nitrogens with zero attached hydrogens (tertiary/aromatic N) is 2. The van der Waals surface area contributed by atoms with Gasteiger partial charge in [-0.25, -0.2) is 8.42 Å². The number of thiazole rings is 1. The molecule has 0 atom stereocenters. The Morgan fingerprint density at radius 3 is 2.61 bits per heavy atom. The molecular weight excluding hydrogens is 540 g/mol. The number of rotatable bonds is 5. The molecule has 0 amide bonds. The van der Waals surface area contributed by atoms with Gasteiger partial charge >= 0.3 is 6.18 Å². The quantitative estimate of drug-likeness (QED) is 0.290. The number of anilines is 1. The van der Waals surface area contributed by atoms with Crippen molar-refractivity contribution in [3.05, 3.63) is 56.0 Å². The van der Waals surface area contributed by atoms with Crippen LogP contribution in [-0.4, -0.2) is 25.3 Å². The van der Waals surface area contributed by atoms with Crippen LogP contribution in [0.3, 0.4) is 0 Å². The van der Waals surface area contributed by atoms with Crippen LogP contribution in [0.15, 0.2) is 40.3 Å². The van der Waals surface area contributed by atoms with Crippen molar-refractivity contribution in [1.82, 2.24) is 0 Å². The van der Waals surface area contributed by atoms with E-state index in [1.54, 1.807) is 11.0 Å². The molecule has 176 valence electrons. The van der Waals surface area contributed by atoms with Gasteiger partial charge in [-0.3, -0.25) is 0 Å². The average Bonchev–Trinajstić information content (AvgIpc) is 3.17. The normalized spacial score (nSPS) is 15.6. The lowest BCUT2D eigenvalue weighted by molar-refractivity contribution is -0.642. The number of alkyl halides is 3. The van der Waals surface area contributed by atoms with Crippen molar-refractivity contribution in [2.24, 2.45) is 7.05 Å². The number of aryl methyl sites for hydroxylation is 1. The fraction of sp³-hybridized carbons (Fsp3) is 0.250. The van der Waals surface area contributed by atoms with Gasteiger partial charge in [0.1, 0.15) is 11.7 Å². The van der Waals surface area contributed by atoms with Crippen molar-refractivity contribution in [3.8, 4) is 0 Å². The maximum absolute atomic E-state index is 13.4. The molecule has 0 fully saturated rings. The molecule has 2 aromatic carbocycles. The molecular formula is C20H15Cl2F3N2O3S3. The molecule has 33 heavy (non-hydrogen) atoms. The zero-order valence-corrected chi connectivity index (χ0v) is 20.8. The van der Waals surface area contributed by atoms with E-state index in [1.165, 1.54) is 29.2 Å². The molecule has 13 heteroatoms. The van der Waals surface area contributed by atoms with Gasteiger partial charge in [-0.2, -0.15) is 17.7 Å². The predicted molar refractivity (Wildman–Crippen MR) is 125 cm³/mol. The van der Waals surface area contributed by atoms with Gasteiger partial charge in [0.2, 0.25) is 5.52 Å². The smallest absolute Gasteiger partial charge is 0.417 e. The summed E-state index contributed by atoms with van der Waals surface area (Å²) in [4.78, 5) is 2.10. The molecule has 4 rings (SSSR count). The van der Waals surface area contributed by atoms with Crippen molar-refractivity contribution in [1.29, 1.82) is 0 Å². The molecule has 0 spiro atoms. The van der Waals surface area contributed by atoms with E-state index in [4.69, 9.17) is 23.2 Å². The first-order valence-corrected chi connectivity index (χ1v) is 13.4. The summed E-state index contributed by atoms with van der Waals surface area (Å²) in [5.74, 6) is -0.619. The third kappa shape index (κ3) is 5.28. The van der Waals surface area contributed by atoms with Crippen molar-refractivity contribution in [3.63, 3.8) is 0 Å². The van der Waals surface area contributed by atoms with Gasteiger partial charge < -0.3 is 9.45 Å². The maximum atomic E-state index is 13.4. The van der Waals surface area contributed by atoms with Crippen LogP contribution in [0, 0.1) is 0 Å². The molecule has 0 radical (unpaired) electrons. The standard InChI is InChI=1S/C20H15Cl2F3N2O3S3/c1-26-14-7-11(21)3-4-16(14)31-18(26)10-19-27(5-2-6-33(28,29)30)15-8-12(20(23,24)25)13(22)9-17(15)32-19/h3-4,7-10H,2,5-6H2,1H3. The topological polar surface area (TPSA) is 64.3 Å². The molecule has 0 saturated heterocycles. The highest BCUT2D eigenvalue weighted by Gasteiger charge is 2.37. The first-order chi connectivity index (χ1) is 15.3. The number of benzene rings is 2. The van der Waals surface area contributed by atoms with Gasteiger partial charge in [0.05, 0.1) is 37.5 Å². The molecule has 0 aliphatic carbocycles. The van der Waals surface area contributed by atoms with E-state index >= 15 is 0 Å². The molecule has 5 nitrogen and oxygen atoms in total. The number of aromatic nitrogens is 1. The number of halogens is 5. The summed E-state index contributed by atoms with van der Waals surface area (Å²) in [7, 11) is -2.61. The van der Waals surface area contributed by atoms with Crippen molar-refractivity contribution < 1.29 is 30.7 Å². The summed E-state index contributed by atoms with van der Waals surface area (Å²) in [6.07, 6.45) is -2.87. The third-order valence-corrected chi connectivity index (χ3v) is 8.57. The van der Waals surface area contributed by atoms with Gasteiger partial charge in [0, 0.05) is 28.3 Å². The van der Waals surface area contributed by atoms with E-state index in [2.05, 4.69) is 0 Å². The summed E-state index contributed by atoms with van der Waals surface area (Å²) in [5, 5.41) is 1.56. The monoisotopic (exact) mass is 554 g/mol. The Morgan fingerprint density at radius 2 is 1.94 bits per heavy atom. The van der Waals surface area contributed by atoms with E-state index in [-0.39, 0.29) is 18.7 Å². The van der Waals surface area contributed by atoms with Crippen LogP contribution in [0.25, 0.3) is 16.3 Å². The third-order valence-electron chi connectivity index (χ3n) is 4.98. The van der Waals surface area contributed by atoms with E-state index in [9.17, 15) is 26.1 Å². The van der Waals surface area contributed by atoms with Crippen LogP contribution in [-0.2, 0) is 23.3 Å². The van der Waals surface area contributed by atoms with Crippen LogP contribution >= 0.6 is 46.3 Å². The lowest BCUT2D eigenvalue weighted by atomic mass is 10.1. The SMILES string of the molecule is C[n+]1c(/C=C2\Sc3cc(Cl)c(C(F)(F)F)cc3N2CCCS(=O)(=O)[O-])sc2ccc(Cl)cc21. The summed E-state index contributed by atoms with van der Waals surface area (Å²) in [5.41, 5.74) is 0.178. The molecule has 1 aliphatic heterocycles. The Kier molecular flexibility index (Phi) is 6.67. The van der Waals surface area contributed by atoms with Gasteiger partial charge in [0.15, 0.2) is 0 Å². The first-order valence-electron chi connectivity index (χ1n) is 9.43. The minimum absolute atomic E-state index is 0.0404. The van der Waals surface area contributed by atoms with Gasteiger partial charge in [-0.1, -0.05) is 46.3 Å². The van der Waals surface area contributed by atoms with Crippen LogP contribution in [0.4, 0.5) is 18.9 Å². The van der Waals surface area contributed by atoms with Crippen LogP contribution in [0.2, 0.25) is 10.0 Å². The zero-order chi connectivity index (χ0) is 24.1. The second-order valence-corrected chi connectivity index (χ2v) is 11.8. The Balaban J connectivity index is 1.78. The highest BCUT2D eigenvalue weighted by Crippen LogP contribution is 2.50. The Hall–Kier alpha value is -1.50. The van der Waals surface area contributed by atoms with E-state index in [0.717, 1.165) is 21.3 Å². The number of fused-ring (bicyclic) bond motifs is 2. The highest BCUT2D eigenvalue weighted by atomic mass is 35.5. The number of hydrogen-bond donors (Lipinski definition) is 0. The van der Waals surface area contributed by atoms with Crippen LogP contribution < -0.4 is 9.47 Å². The van der Waals surface area contributed by atoms with Gasteiger partial charge in [0.25, 0.3) is 5.01 Å². The lowest BCUT2D eigenvalue weighted by Gasteiger charge is -2.21. The summed E-state index contributed by atoms with van der Waals surface area (Å²) >= 11 is 14.7. The fourth-order valence-corrected chi connectivity index (χ4v) is 6.72. The van der Waals surface area contributed by atoms with E-state index in [1.807, 2.05) is 29.8 Å².